The minimum Gasteiger partial charge on any atom is -0.378 e. The molecule has 4 nitrogen and oxygen atoms in total. The molecule has 0 unspecified atom stereocenters. The Kier molecular flexibility index (Phi) is 4.44. The molecule has 1 amide bonds. The predicted octanol–water partition coefficient (Wildman–Crippen LogP) is 2.09. The highest BCUT2D eigenvalue weighted by Crippen LogP contribution is 2.19. The van der Waals surface area contributed by atoms with Crippen molar-refractivity contribution in [2.45, 2.75) is 12.3 Å². The first-order chi connectivity index (χ1) is 8.66. The van der Waals surface area contributed by atoms with E-state index in [2.05, 4.69) is 10.2 Å². The first kappa shape index (κ1) is 13.2. The lowest BCUT2D eigenvalue weighted by molar-refractivity contribution is -0.115. The van der Waals surface area contributed by atoms with E-state index in [0.717, 1.165) is 37.7 Å². The number of ether oxygens (including phenoxy) is 1. The summed E-state index contributed by atoms with van der Waals surface area (Å²) in [6, 6.07) is 7.78. The SMILES string of the molecule is C[C@H](Cl)C(=O)Nc1ccc(N2CCOCC2)cc1. The van der Waals surface area contributed by atoms with Gasteiger partial charge in [0.25, 0.3) is 0 Å². The fourth-order valence-corrected chi connectivity index (χ4v) is 1.87. The number of alkyl halides is 1. The van der Waals surface area contributed by atoms with Gasteiger partial charge in [0.05, 0.1) is 13.2 Å². The number of morpholine rings is 1. The number of amides is 1. The van der Waals surface area contributed by atoms with Crippen LogP contribution in [0.15, 0.2) is 24.3 Å². The molecule has 1 aromatic rings. The number of benzene rings is 1. The minimum atomic E-state index is -0.524. The standard InChI is InChI=1S/C13H17ClN2O2/c1-10(14)13(17)15-11-2-4-12(5-3-11)16-6-8-18-9-7-16/h2-5,10H,6-9H2,1H3,(H,15,17)/t10-/m0/s1. The van der Waals surface area contributed by atoms with Gasteiger partial charge < -0.3 is 15.0 Å². The summed E-state index contributed by atoms with van der Waals surface area (Å²) in [5.41, 5.74) is 1.92. The molecule has 1 atom stereocenters. The number of carbonyl (C=O) groups is 1. The molecular formula is C13H17ClN2O2. The van der Waals surface area contributed by atoms with Crippen LogP contribution in [-0.4, -0.2) is 37.6 Å². The third-order valence-corrected chi connectivity index (χ3v) is 3.07. The van der Waals surface area contributed by atoms with E-state index in [4.69, 9.17) is 16.3 Å². The number of nitrogens with zero attached hydrogens (tertiary/aromatic N) is 1. The summed E-state index contributed by atoms with van der Waals surface area (Å²) < 4.78 is 5.31. The summed E-state index contributed by atoms with van der Waals surface area (Å²) in [5.74, 6) is -0.184. The van der Waals surface area contributed by atoms with E-state index in [0.29, 0.717) is 0 Å². The van der Waals surface area contributed by atoms with Crippen LogP contribution in [0.2, 0.25) is 0 Å². The van der Waals surface area contributed by atoms with Gasteiger partial charge in [-0.05, 0) is 31.2 Å². The molecule has 1 aliphatic heterocycles. The van der Waals surface area contributed by atoms with Gasteiger partial charge in [0, 0.05) is 24.5 Å². The Hall–Kier alpha value is -1.26. The molecule has 5 heteroatoms. The summed E-state index contributed by atoms with van der Waals surface area (Å²) in [6.07, 6.45) is 0. The maximum atomic E-state index is 11.4. The largest absolute Gasteiger partial charge is 0.378 e. The smallest absolute Gasteiger partial charge is 0.242 e. The molecule has 98 valence electrons. The molecule has 0 saturated carbocycles. The fourth-order valence-electron chi connectivity index (χ4n) is 1.82. The third-order valence-electron chi connectivity index (χ3n) is 2.87. The molecule has 0 aromatic heterocycles. The Morgan fingerprint density at radius 3 is 2.50 bits per heavy atom. The average molecular weight is 269 g/mol. The van der Waals surface area contributed by atoms with Crippen molar-refractivity contribution in [3.63, 3.8) is 0 Å². The van der Waals surface area contributed by atoms with Crippen molar-refractivity contribution >= 4 is 28.9 Å². The Labute approximate surface area is 112 Å². The van der Waals surface area contributed by atoms with Gasteiger partial charge in [-0.3, -0.25) is 4.79 Å². The summed E-state index contributed by atoms with van der Waals surface area (Å²) in [7, 11) is 0. The molecule has 1 N–H and O–H groups in total. The van der Waals surface area contributed by atoms with Gasteiger partial charge in [-0.1, -0.05) is 0 Å². The lowest BCUT2D eigenvalue weighted by atomic mass is 10.2. The van der Waals surface area contributed by atoms with E-state index < -0.39 is 5.38 Å². The van der Waals surface area contributed by atoms with Crippen molar-refractivity contribution in [2.75, 3.05) is 36.5 Å². The van der Waals surface area contributed by atoms with E-state index in [1.54, 1.807) is 6.92 Å². The minimum absolute atomic E-state index is 0.184. The van der Waals surface area contributed by atoms with Gasteiger partial charge in [0.15, 0.2) is 0 Å². The van der Waals surface area contributed by atoms with Crippen LogP contribution in [0.4, 0.5) is 11.4 Å². The van der Waals surface area contributed by atoms with E-state index in [9.17, 15) is 4.79 Å². The normalized spacial score (nSPS) is 17.3. The summed E-state index contributed by atoms with van der Waals surface area (Å²) in [6.45, 7) is 5.00. The van der Waals surface area contributed by atoms with Crippen LogP contribution in [0.1, 0.15) is 6.92 Å². The topological polar surface area (TPSA) is 41.6 Å². The van der Waals surface area contributed by atoms with Crippen molar-refractivity contribution in [1.82, 2.24) is 0 Å². The maximum Gasteiger partial charge on any atom is 0.242 e. The number of rotatable bonds is 3. The Bertz CT molecular complexity index is 400. The molecule has 18 heavy (non-hydrogen) atoms. The fraction of sp³-hybridized carbons (Fsp3) is 0.462. The van der Waals surface area contributed by atoms with Crippen LogP contribution in [0.25, 0.3) is 0 Å². The molecule has 1 fully saturated rings. The van der Waals surface area contributed by atoms with Crippen LogP contribution in [-0.2, 0) is 9.53 Å². The van der Waals surface area contributed by atoms with Crippen molar-refractivity contribution < 1.29 is 9.53 Å². The Morgan fingerprint density at radius 2 is 1.94 bits per heavy atom. The zero-order valence-corrected chi connectivity index (χ0v) is 11.1. The van der Waals surface area contributed by atoms with E-state index in [1.165, 1.54) is 0 Å². The number of hydrogen-bond acceptors (Lipinski definition) is 3. The van der Waals surface area contributed by atoms with Crippen molar-refractivity contribution in [3.05, 3.63) is 24.3 Å². The first-order valence-corrected chi connectivity index (χ1v) is 6.48. The highest BCUT2D eigenvalue weighted by molar-refractivity contribution is 6.32. The van der Waals surface area contributed by atoms with Crippen LogP contribution in [0.5, 0.6) is 0 Å². The summed E-state index contributed by atoms with van der Waals surface area (Å²) in [5, 5.41) is 2.23. The molecule has 0 bridgehead atoms. The van der Waals surface area contributed by atoms with Gasteiger partial charge in [-0.2, -0.15) is 0 Å². The predicted molar refractivity (Wildman–Crippen MR) is 73.4 cm³/mol. The summed E-state index contributed by atoms with van der Waals surface area (Å²) in [4.78, 5) is 13.7. The zero-order chi connectivity index (χ0) is 13.0. The number of hydrogen-bond donors (Lipinski definition) is 1. The lowest BCUT2D eigenvalue weighted by Gasteiger charge is -2.28. The molecule has 0 aliphatic carbocycles. The van der Waals surface area contributed by atoms with Crippen molar-refractivity contribution in [2.24, 2.45) is 0 Å². The second-order valence-electron chi connectivity index (χ2n) is 4.25. The monoisotopic (exact) mass is 268 g/mol. The molecule has 1 aliphatic rings. The molecule has 0 radical (unpaired) electrons. The van der Waals surface area contributed by atoms with Gasteiger partial charge in [-0.25, -0.2) is 0 Å². The quantitative estimate of drug-likeness (QED) is 0.854. The highest BCUT2D eigenvalue weighted by atomic mass is 35.5. The van der Waals surface area contributed by atoms with Crippen molar-refractivity contribution in [1.29, 1.82) is 0 Å². The molecule has 0 spiro atoms. The van der Waals surface area contributed by atoms with Gasteiger partial charge in [-0.15, -0.1) is 11.6 Å². The summed E-state index contributed by atoms with van der Waals surface area (Å²) >= 11 is 5.70. The number of nitrogens with one attached hydrogen (secondary N) is 1. The highest BCUT2D eigenvalue weighted by Gasteiger charge is 2.12. The third kappa shape index (κ3) is 3.37. The molecular weight excluding hydrogens is 252 g/mol. The number of anilines is 2. The Morgan fingerprint density at radius 1 is 1.33 bits per heavy atom. The second kappa shape index (κ2) is 6.07. The molecule has 1 heterocycles. The van der Waals surface area contributed by atoms with Crippen LogP contribution < -0.4 is 10.2 Å². The van der Waals surface area contributed by atoms with E-state index in [1.807, 2.05) is 24.3 Å². The van der Waals surface area contributed by atoms with Crippen LogP contribution >= 0.6 is 11.6 Å². The zero-order valence-electron chi connectivity index (χ0n) is 10.4. The second-order valence-corrected chi connectivity index (χ2v) is 4.91. The number of carbonyl (C=O) groups excluding carboxylic acids is 1. The van der Waals surface area contributed by atoms with Gasteiger partial charge in [0.1, 0.15) is 5.38 Å². The molecule has 1 saturated heterocycles. The van der Waals surface area contributed by atoms with Crippen molar-refractivity contribution in [3.8, 4) is 0 Å². The molecule has 1 aromatic carbocycles. The van der Waals surface area contributed by atoms with Crippen LogP contribution in [0, 0.1) is 0 Å². The lowest BCUT2D eigenvalue weighted by Crippen LogP contribution is -2.36. The van der Waals surface area contributed by atoms with E-state index in [-0.39, 0.29) is 5.91 Å². The average Bonchev–Trinajstić information content (AvgIpc) is 2.40. The van der Waals surface area contributed by atoms with Gasteiger partial charge in [0.2, 0.25) is 5.91 Å². The first-order valence-electron chi connectivity index (χ1n) is 6.04. The molecule has 2 rings (SSSR count). The number of halogens is 1. The van der Waals surface area contributed by atoms with E-state index >= 15 is 0 Å². The van der Waals surface area contributed by atoms with Gasteiger partial charge >= 0.3 is 0 Å². The van der Waals surface area contributed by atoms with Crippen LogP contribution in [0.3, 0.4) is 0 Å². The Balaban J connectivity index is 1.98. The maximum absolute atomic E-state index is 11.4.